The minimum atomic E-state index is -4.54. The Labute approximate surface area is 89.1 Å². The quantitative estimate of drug-likeness (QED) is 0.839. The molecular weight excluding hydrogens is 225 g/mol. The fourth-order valence-electron chi connectivity index (χ4n) is 0.957. The molecule has 0 amide bonds. The molecule has 2 N–H and O–H groups in total. The average molecular weight is 234 g/mol. The van der Waals surface area contributed by atoms with Gasteiger partial charge in [-0.25, -0.2) is 4.98 Å². The van der Waals surface area contributed by atoms with Crippen molar-refractivity contribution in [2.45, 2.75) is 19.1 Å². The van der Waals surface area contributed by atoms with E-state index in [4.69, 9.17) is 5.11 Å². The number of anilines is 1. The van der Waals surface area contributed by atoms with Gasteiger partial charge in [-0.1, -0.05) is 6.07 Å². The van der Waals surface area contributed by atoms with Crippen LogP contribution in [0.25, 0.3) is 0 Å². The van der Waals surface area contributed by atoms with Crippen LogP contribution in [0.2, 0.25) is 0 Å². The van der Waals surface area contributed by atoms with Crippen LogP contribution in [0.5, 0.6) is 0 Å². The number of nitrogens with zero attached hydrogens (tertiary/aromatic N) is 1. The second-order valence-corrected chi connectivity index (χ2v) is 3.11. The van der Waals surface area contributed by atoms with Crippen molar-refractivity contribution in [3.8, 4) is 0 Å². The molecule has 0 aliphatic heterocycles. The van der Waals surface area contributed by atoms with Gasteiger partial charge >= 0.3 is 12.1 Å². The minimum Gasteiger partial charge on any atom is -0.480 e. The summed E-state index contributed by atoms with van der Waals surface area (Å²) in [6.07, 6.45) is -4.54. The molecule has 0 saturated heterocycles. The Bertz CT molecular complexity index is 393. The van der Waals surface area contributed by atoms with Crippen LogP contribution >= 0.6 is 0 Å². The van der Waals surface area contributed by atoms with Crippen LogP contribution in [0.1, 0.15) is 12.6 Å². The normalized spacial score (nSPS) is 13.2. The fourth-order valence-corrected chi connectivity index (χ4v) is 0.957. The smallest absolute Gasteiger partial charge is 0.433 e. The molecule has 0 bridgehead atoms. The molecule has 88 valence electrons. The lowest BCUT2D eigenvalue weighted by atomic mass is 10.3. The largest absolute Gasteiger partial charge is 0.480 e. The number of pyridine rings is 1. The summed E-state index contributed by atoms with van der Waals surface area (Å²) in [5.41, 5.74) is -1.06. The third-order valence-electron chi connectivity index (χ3n) is 1.77. The number of aliphatic carboxylic acids is 1. The summed E-state index contributed by atoms with van der Waals surface area (Å²) in [4.78, 5) is 13.7. The highest BCUT2D eigenvalue weighted by atomic mass is 19.4. The van der Waals surface area contributed by atoms with Crippen molar-refractivity contribution in [3.05, 3.63) is 23.9 Å². The predicted molar refractivity (Wildman–Crippen MR) is 50.0 cm³/mol. The summed E-state index contributed by atoms with van der Waals surface area (Å²) in [5, 5.41) is 10.9. The first-order valence-corrected chi connectivity index (χ1v) is 4.34. The Balaban J connectivity index is 2.87. The molecule has 0 aliphatic rings. The second-order valence-electron chi connectivity index (χ2n) is 3.11. The van der Waals surface area contributed by atoms with E-state index in [2.05, 4.69) is 10.3 Å². The van der Waals surface area contributed by atoms with Crippen molar-refractivity contribution in [3.63, 3.8) is 0 Å². The molecule has 0 spiro atoms. The molecular formula is C9H9F3N2O2. The summed E-state index contributed by atoms with van der Waals surface area (Å²) < 4.78 is 36.8. The number of carboxylic acid groups (broad SMARTS) is 1. The molecule has 16 heavy (non-hydrogen) atoms. The summed E-state index contributed by atoms with van der Waals surface area (Å²) in [6.45, 7) is 1.31. The Morgan fingerprint density at radius 1 is 1.50 bits per heavy atom. The molecule has 7 heteroatoms. The van der Waals surface area contributed by atoms with Crippen molar-refractivity contribution in [2.24, 2.45) is 0 Å². The first-order valence-electron chi connectivity index (χ1n) is 4.34. The zero-order chi connectivity index (χ0) is 12.3. The van der Waals surface area contributed by atoms with E-state index in [9.17, 15) is 18.0 Å². The van der Waals surface area contributed by atoms with Crippen LogP contribution in [-0.2, 0) is 11.0 Å². The monoisotopic (exact) mass is 234 g/mol. The van der Waals surface area contributed by atoms with Crippen LogP contribution in [0.3, 0.4) is 0 Å². The van der Waals surface area contributed by atoms with E-state index in [1.807, 2.05) is 0 Å². The van der Waals surface area contributed by atoms with Crippen molar-refractivity contribution in [1.29, 1.82) is 0 Å². The van der Waals surface area contributed by atoms with E-state index in [1.165, 1.54) is 13.0 Å². The van der Waals surface area contributed by atoms with E-state index in [1.54, 1.807) is 0 Å². The average Bonchev–Trinajstić information content (AvgIpc) is 2.16. The van der Waals surface area contributed by atoms with Gasteiger partial charge < -0.3 is 10.4 Å². The number of carboxylic acids is 1. The van der Waals surface area contributed by atoms with Crippen LogP contribution < -0.4 is 5.32 Å². The van der Waals surface area contributed by atoms with Gasteiger partial charge in [0.2, 0.25) is 0 Å². The molecule has 0 fully saturated rings. The lowest BCUT2D eigenvalue weighted by Gasteiger charge is -2.11. The molecule has 0 aliphatic carbocycles. The number of halogens is 3. The lowest BCUT2D eigenvalue weighted by Crippen LogP contribution is -2.26. The SMILES string of the molecule is CC(Nc1cccc(C(F)(F)F)n1)C(=O)O. The van der Waals surface area contributed by atoms with Crippen molar-refractivity contribution < 1.29 is 23.1 Å². The van der Waals surface area contributed by atoms with E-state index < -0.39 is 23.9 Å². The molecule has 0 aromatic carbocycles. The molecule has 1 rings (SSSR count). The van der Waals surface area contributed by atoms with Gasteiger partial charge in [-0.05, 0) is 19.1 Å². The molecule has 4 nitrogen and oxygen atoms in total. The van der Waals surface area contributed by atoms with E-state index in [-0.39, 0.29) is 5.82 Å². The number of hydrogen-bond donors (Lipinski definition) is 2. The molecule has 1 heterocycles. The Morgan fingerprint density at radius 2 is 2.12 bits per heavy atom. The number of alkyl halides is 3. The molecule has 0 saturated carbocycles. The summed E-state index contributed by atoms with van der Waals surface area (Å²) in [6, 6.07) is 2.24. The van der Waals surface area contributed by atoms with Crippen LogP contribution in [0.15, 0.2) is 18.2 Å². The number of carbonyl (C=O) groups is 1. The Hall–Kier alpha value is -1.79. The van der Waals surface area contributed by atoms with Gasteiger partial charge in [0, 0.05) is 0 Å². The highest BCUT2D eigenvalue weighted by molar-refractivity contribution is 5.76. The third-order valence-corrected chi connectivity index (χ3v) is 1.77. The van der Waals surface area contributed by atoms with E-state index >= 15 is 0 Å². The molecule has 1 unspecified atom stereocenters. The standard InChI is InChI=1S/C9H9F3N2O2/c1-5(8(15)16)13-7-4-2-3-6(14-7)9(10,11)12/h2-5H,1H3,(H,13,14)(H,15,16). The topological polar surface area (TPSA) is 62.2 Å². The lowest BCUT2D eigenvalue weighted by molar-refractivity contribution is -0.141. The maximum Gasteiger partial charge on any atom is 0.433 e. The Morgan fingerprint density at radius 3 is 2.62 bits per heavy atom. The van der Waals surface area contributed by atoms with Gasteiger partial charge in [-0.2, -0.15) is 13.2 Å². The molecule has 1 atom stereocenters. The Kier molecular flexibility index (Phi) is 3.36. The molecule has 0 radical (unpaired) electrons. The molecule has 1 aromatic rings. The van der Waals surface area contributed by atoms with Gasteiger partial charge in [0.05, 0.1) is 0 Å². The van der Waals surface area contributed by atoms with Gasteiger partial charge in [-0.3, -0.25) is 4.79 Å². The zero-order valence-corrected chi connectivity index (χ0v) is 8.25. The van der Waals surface area contributed by atoms with Crippen molar-refractivity contribution in [1.82, 2.24) is 4.98 Å². The van der Waals surface area contributed by atoms with Crippen LogP contribution in [0.4, 0.5) is 19.0 Å². The van der Waals surface area contributed by atoms with E-state index in [0.717, 1.165) is 12.1 Å². The summed E-state index contributed by atoms with van der Waals surface area (Å²) in [5.74, 6) is -1.29. The maximum absolute atomic E-state index is 12.3. The van der Waals surface area contributed by atoms with Crippen LogP contribution in [0, 0.1) is 0 Å². The fraction of sp³-hybridized carbons (Fsp3) is 0.333. The number of nitrogens with one attached hydrogen (secondary N) is 1. The highest BCUT2D eigenvalue weighted by Crippen LogP contribution is 2.28. The van der Waals surface area contributed by atoms with Crippen molar-refractivity contribution >= 4 is 11.8 Å². The van der Waals surface area contributed by atoms with E-state index in [0.29, 0.717) is 0 Å². The third kappa shape index (κ3) is 3.11. The minimum absolute atomic E-state index is 0.121. The van der Waals surface area contributed by atoms with Gasteiger partial charge in [0.25, 0.3) is 0 Å². The van der Waals surface area contributed by atoms with Gasteiger partial charge in [0.15, 0.2) is 0 Å². The molecule has 1 aromatic heterocycles. The second kappa shape index (κ2) is 4.38. The van der Waals surface area contributed by atoms with Crippen molar-refractivity contribution in [2.75, 3.05) is 5.32 Å². The van der Waals surface area contributed by atoms with Gasteiger partial charge in [0.1, 0.15) is 17.6 Å². The zero-order valence-electron chi connectivity index (χ0n) is 8.25. The van der Waals surface area contributed by atoms with Gasteiger partial charge in [-0.15, -0.1) is 0 Å². The number of rotatable bonds is 3. The first-order chi connectivity index (χ1) is 7.30. The number of aromatic nitrogens is 1. The van der Waals surface area contributed by atoms with Crippen LogP contribution in [-0.4, -0.2) is 22.1 Å². The summed E-state index contributed by atoms with van der Waals surface area (Å²) in [7, 11) is 0. The predicted octanol–water partition coefficient (Wildman–Crippen LogP) is 1.99. The maximum atomic E-state index is 12.3. The first kappa shape index (κ1) is 12.3. The highest BCUT2D eigenvalue weighted by Gasteiger charge is 2.32. The summed E-state index contributed by atoms with van der Waals surface area (Å²) >= 11 is 0. The number of hydrogen-bond acceptors (Lipinski definition) is 3.